The van der Waals surface area contributed by atoms with E-state index in [1.54, 1.807) is 6.92 Å². The van der Waals surface area contributed by atoms with Crippen molar-refractivity contribution in [3.8, 4) is 11.5 Å². The number of hydrogen-bond acceptors (Lipinski definition) is 4. The van der Waals surface area contributed by atoms with E-state index in [1.807, 2.05) is 73.6 Å². The number of carbonyl (C=O) groups is 1. The maximum Gasteiger partial charge on any atom is 0.277 e. The van der Waals surface area contributed by atoms with Crippen molar-refractivity contribution in [3.63, 3.8) is 0 Å². The largest absolute Gasteiger partial charge is 0.441 e. The van der Waals surface area contributed by atoms with Crippen LogP contribution in [0.3, 0.4) is 0 Å². The van der Waals surface area contributed by atoms with Gasteiger partial charge in [-0.25, -0.2) is 4.98 Å². The molecule has 122 valence electrons. The molecule has 0 atom stereocenters. The number of nitrogens with zero attached hydrogens (tertiary/aromatic N) is 2. The van der Waals surface area contributed by atoms with Crippen LogP contribution in [0.25, 0.3) is 11.5 Å². The summed E-state index contributed by atoms with van der Waals surface area (Å²) in [5.41, 5.74) is 2.79. The number of amides is 1. The predicted molar refractivity (Wildman–Crippen MR) is 95.4 cm³/mol. The second-order valence-corrected chi connectivity index (χ2v) is 5.66. The molecule has 1 amide bonds. The predicted octanol–water partition coefficient (Wildman–Crippen LogP) is 3.97. The second-order valence-electron chi connectivity index (χ2n) is 5.66. The minimum Gasteiger partial charge on any atom is -0.441 e. The molecule has 0 fully saturated rings. The van der Waals surface area contributed by atoms with Gasteiger partial charge < -0.3 is 14.6 Å². The standard InChI is InChI=1S/C19H19N3O2/c1-13-17(21-19(24-13)14-9-5-4-6-10-14)18(23)20-15-11-7-8-12-16(15)22(2)3/h4-12H,1-3H3,(H,20,23). The summed E-state index contributed by atoms with van der Waals surface area (Å²) in [5, 5.41) is 2.91. The van der Waals surface area contributed by atoms with E-state index in [4.69, 9.17) is 4.42 Å². The lowest BCUT2D eigenvalue weighted by Crippen LogP contribution is -2.17. The first-order chi connectivity index (χ1) is 11.6. The van der Waals surface area contributed by atoms with Crippen molar-refractivity contribution in [2.75, 3.05) is 24.3 Å². The van der Waals surface area contributed by atoms with Crippen LogP contribution < -0.4 is 10.2 Å². The van der Waals surface area contributed by atoms with Crippen molar-refractivity contribution < 1.29 is 9.21 Å². The fraction of sp³-hybridized carbons (Fsp3) is 0.158. The van der Waals surface area contributed by atoms with Crippen LogP contribution >= 0.6 is 0 Å². The molecule has 3 aromatic rings. The van der Waals surface area contributed by atoms with Crippen molar-refractivity contribution in [3.05, 3.63) is 66.1 Å². The number of aryl methyl sites for hydroxylation is 1. The van der Waals surface area contributed by atoms with Gasteiger partial charge in [0.1, 0.15) is 5.76 Å². The number of nitrogens with one attached hydrogen (secondary N) is 1. The molecule has 0 radical (unpaired) electrons. The molecule has 0 aliphatic rings. The molecule has 0 saturated carbocycles. The number of rotatable bonds is 4. The summed E-state index contributed by atoms with van der Waals surface area (Å²) in [6.07, 6.45) is 0. The number of hydrogen-bond donors (Lipinski definition) is 1. The molecular weight excluding hydrogens is 302 g/mol. The lowest BCUT2D eigenvalue weighted by Gasteiger charge is -2.17. The molecule has 1 aromatic heterocycles. The van der Waals surface area contributed by atoms with Gasteiger partial charge in [0.15, 0.2) is 5.69 Å². The quantitative estimate of drug-likeness (QED) is 0.790. The highest BCUT2D eigenvalue weighted by atomic mass is 16.4. The van der Waals surface area contributed by atoms with Crippen molar-refractivity contribution in [1.82, 2.24) is 4.98 Å². The molecular formula is C19H19N3O2. The highest BCUT2D eigenvalue weighted by molar-refractivity contribution is 6.05. The van der Waals surface area contributed by atoms with Crippen LogP contribution in [0.1, 0.15) is 16.2 Å². The van der Waals surface area contributed by atoms with Crippen molar-refractivity contribution in [2.24, 2.45) is 0 Å². The Kier molecular flexibility index (Phi) is 4.33. The molecule has 5 nitrogen and oxygen atoms in total. The maximum absolute atomic E-state index is 12.6. The molecule has 0 aliphatic carbocycles. The average Bonchev–Trinajstić information content (AvgIpc) is 2.98. The molecule has 0 aliphatic heterocycles. The third-order valence-electron chi connectivity index (χ3n) is 3.67. The Balaban J connectivity index is 1.88. The molecule has 0 unspecified atom stereocenters. The van der Waals surface area contributed by atoms with Gasteiger partial charge in [-0.05, 0) is 31.2 Å². The minimum absolute atomic E-state index is 0.285. The maximum atomic E-state index is 12.6. The number of oxazole rings is 1. The van der Waals surface area contributed by atoms with Gasteiger partial charge in [0.2, 0.25) is 5.89 Å². The van der Waals surface area contributed by atoms with E-state index in [1.165, 1.54) is 0 Å². The molecule has 5 heteroatoms. The molecule has 1 heterocycles. The summed E-state index contributed by atoms with van der Waals surface area (Å²) in [5.74, 6) is 0.653. The highest BCUT2D eigenvalue weighted by Gasteiger charge is 2.19. The van der Waals surface area contributed by atoms with E-state index in [9.17, 15) is 4.79 Å². The monoisotopic (exact) mass is 321 g/mol. The fourth-order valence-electron chi connectivity index (χ4n) is 2.46. The van der Waals surface area contributed by atoms with E-state index >= 15 is 0 Å². The summed E-state index contributed by atoms with van der Waals surface area (Å²) in [4.78, 5) is 18.9. The zero-order valence-electron chi connectivity index (χ0n) is 13.9. The summed E-state index contributed by atoms with van der Waals surface area (Å²) < 4.78 is 5.65. The number of benzene rings is 2. The van der Waals surface area contributed by atoms with E-state index in [0.29, 0.717) is 17.3 Å². The number of anilines is 2. The third kappa shape index (κ3) is 3.15. The van der Waals surface area contributed by atoms with Gasteiger partial charge in [-0.2, -0.15) is 0 Å². The topological polar surface area (TPSA) is 58.4 Å². The molecule has 2 aromatic carbocycles. The molecule has 0 bridgehead atoms. The SMILES string of the molecule is Cc1oc(-c2ccccc2)nc1C(=O)Nc1ccccc1N(C)C. The smallest absolute Gasteiger partial charge is 0.277 e. The Hall–Kier alpha value is -3.08. The van der Waals surface area contributed by atoms with Crippen LogP contribution in [0.5, 0.6) is 0 Å². The van der Waals surface area contributed by atoms with Crippen molar-refractivity contribution >= 4 is 17.3 Å². The lowest BCUT2D eigenvalue weighted by atomic mass is 10.2. The second kappa shape index (κ2) is 6.58. The Morgan fingerprint density at radius 1 is 1.04 bits per heavy atom. The molecule has 1 N–H and O–H groups in total. The van der Waals surface area contributed by atoms with Gasteiger partial charge in [0.05, 0.1) is 11.4 Å². The zero-order valence-corrected chi connectivity index (χ0v) is 13.9. The Morgan fingerprint density at radius 3 is 2.42 bits per heavy atom. The normalized spacial score (nSPS) is 10.5. The highest BCUT2D eigenvalue weighted by Crippen LogP contribution is 2.26. The summed E-state index contributed by atoms with van der Waals surface area (Å²) >= 11 is 0. The summed E-state index contributed by atoms with van der Waals surface area (Å²) in [6.45, 7) is 1.74. The first-order valence-corrected chi connectivity index (χ1v) is 7.67. The van der Waals surface area contributed by atoms with Crippen LogP contribution in [0, 0.1) is 6.92 Å². The van der Waals surface area contributed by atoms with Crippen LogP contribution in [-0.2, 0) is 0 Å². The van der Waals surface area contributed by atoms with Gasteiger partial charge in [-0.1, -0.05) is 30.3 Å². The zero-order chi connectivity index (χ0) is 17.1. The average molecular weight is 321 g/mol. The Bertz CT molecular complexity index is 854. The number of aromatic nitrogens is 1. The van der Waals surface area contributed by atoms with Crippen molar-refractivity contribution in [1.29, 1.82) is 0 Å². The van der Waals surface area contributed by atoms with Gasteiger partial charge in [-0.3, -0.25) is 4.79 Å². The van der Waals surface area contributed by atoms with Crippen LogP contribution in [0.4, 0.5) is 11.4 Å². The van der Waals surface area contributed by atoms with E-state index in [-0.39, 0.29) is 5.91 Å². The fourth-order valence-corrected chi connectivity index (χ4v) is 2.46. The first-order valence-electron chi connectivity index (χ1n) is 7.67. The number of carbonyl (C=O) groups excluding carboxylic acids is 1. The molecule has 0 saturated heterocycles. The Labute approximate surface area is 140 Å². The lowest BCUT2D eigenvalue weighted by molar-refractivity contribution is 0.102. The van der Waals surface area contributed by atoms with E-state index in [2.05, 4.69) is 10.3 Å². The molecule has 3 rings (SSSR count). The summed E-state index contributed by atoms with van der Waals surface area (Å²) in [7, 11) is 3.86. The van der Waals surface area contributed by atoms with E-state index < -0.39 is 0 Å². The van der Waals surface area contributed by atoms with Gasteiger partial charge in [-0.15, -0.1) is 0 Å². The number of para-hydroxylation sites is 2. The van der Waals surface area contributed by atoms with Crippen LogP contribution in [-0.4, -0.2) is 25.0 Å². The van der Waals surface area contributed by atoms with Gasteiger partial charge in [0.25, 0.3) is 5.91 Å². The van der Waals surface area contributed by atoms with Crippen LogP contribution in [0.15, 0.2) is 59.0 Å². The Morgan fingerprint density at radius 2 is 1.71 bits per heavy atom. The third-order valence-corrected chi connectivity index (χ3v) is 3.67. The molecule has 0 spiro atoms. The van der Waals surface area contributed by atoms with E-state index in [0.717, 1.165) is 16.9 Å². The van der Waals surface area contributed by atoms with Crippen molar-refractivity contribution in [2.45, 2.75) is 6.92 Å². The van der Waals surface area contributed by atoms with Gasteiger partial charge in [0, 0.05) is 19.7 Å². The van der Waals surface area contributed by atoms with Crippen LogP contribution in [0.2, 0.25) is 0 Å². The molecule has 24 heavy (non-hydrogen) atoms. The summed E-state index contributed by atoms with van der Waals surface area (Å²) in [6, 6.07) is 17.1. The van der Waals surface area contributed by atoms with Gasteiger partial charge >= 0.3 is 0 Å². The first kappa shape index (κ1) is 15.8. The minimum atomic E-state index is -0.285.